The molecule has 1 aliphatic heterocycles. The molecular weight excluding hydrogens is 526 g/mol. The third-order valence-electron chi connectivity index (χ3n) is 6.33. The van der Waals surface area contributed by atoms with Crippen LogP contribution in [0.1, 0.15) is 46.0 Å². The number of carboxylic acid groups (broad SMARTS) is 1. The molecule has 0 saturated heterocycles. The number of aliphatic carboxylic acids is 1. The Bertz CT molecular complexity index is 1360. The summed E-state index contributed by atoms with van der Waals surface area (Å²) in [6, 6.07) is 13.8. The molecule has 10 heteroatoms. The molecule has 1 heterocycles. The van der Waals surface area contributed by atoms with Crippen molar-refractivity contribution in [3.05, 3.63) is 99.3 Å². The van der Waals surface area contributed by atoms with Crippen LogP contribution in [0, 0.1) is 5.82 Å². The minimum atomic E-state index is -4.48. The highest BCUT2D eigenvalue weighted by atomic mass is 35.5. The SMILES string of the molecule is C[C@]1(Cc2ccc(F)c(Cl)c2)Cc2cc(C(=O)N(CCC(=O)O)Cc3ccc(C(F)(F)F)cc3)ccc2O1. The Labute approximate surface area is 221 Å². The highest BCUT2D eigenvalue weighted by molar-refractivity contribution is 6.30. The molecular formula is C28H24ClF4NO4. The van der Waals surface area contributed by atoms with Crippen molar-refractivity contribution in [1.29, 1.82) is 0 Å². The number of carboxylic acids is 1. The fourth-order valence-electron chi connectivity index (χ4n) is 4.52. The summed E-state index contributed by atoms with van der Waals surface area (Å²) in [7, 11) is 0. The van der Waals surface area contributed by atoms with Gasteiger partial charge < -0.3 is 14.7 Å². The van der Waals surface area contributed by atoms with E-state index in [0.717, 1.165) is 23.3 Å². The predicted molar refractivity (Wildman–Crippen MR) is 133 cm³/mol. The Morgan fingerprint density at radius 3 is 2.37 bits per heavy atom. The van der Waals surface area contributed by atoms with Crippen molar-refractivity contribution in [2.24, 2.45) is 0 Å². The Hall–Kier alpha value is -3.59. The number of carbonyl (C=O) groups excluding carboxylic acids is 1. The summed E-state index contributed by atoms with van der Waals surface area (Å²) in [5.41, 5.74) is 0.840. The number of hydrogen-bond donors (Lipinski definition) is 1. The van der Waals surface area contributed by atoms with E-state index in [2.05, 4.69) is 0 Å². The van der Waals surface area contributed by atoms with Crippen LogP contribution in [0.5, 0.6) is 5.75 Å². The van der Waals surface area contributed by atoms with E-state index in [4.69, 9.17) is 21.4 Å². The maximum Gasteiger partial charge on any atom is 0.416 e. The lowest BCUT2D eigenvalue weighted by molar-refractivity contribution is -0.138. The highest BCUT2D eigenvalue weighted by Gasteiger charge is 2.36. The van der Waals surface area contributed by atoms with E-state index in [-0.39, 0.29) is 24.5 Å². The minimum absolute atomic E-state index is 0.0176. The number of rotatable bonds is 8. The molecule has 0 saturated carbocycles. The first-order valence-electron chi connectivity index (χ1n) is 11.8. The molecule has 38 heavy (non-hydrogen) atoms. The standard InChI is InChI=1S/C28H24ClF4NO4/c1-27(14-18-4-8-23(30)22(29)12-18)15-20-13-19(5-9-24(20)38-27)26(37)34(11-10-25(35)36)16-17-2-6-21(7-3-17)28(31,32)33/h2-9,12-13H,10-11,14-16H2,1H3,(H,35,36)/t27-/m0/s1. The maximum atomic E-state index is 13.5. The Morgan fingerprint density at radius 2 is 1.74 bits per heavy atom. The maximum absolute atomic E-state index is 13.5. The number of halogens is 5. The second-order valence-corrected chi connectivity index (χ2v) is 9.95. The summed E-state index contributed by atoms with van der Waals surface area (Å²) >= 11 is 5.91. The van der Waals surface area contributed by atoms with Gasteiger partial charge in [-0.2, -0.15) is 13.2 Å². The second-order valence-electron chi connectivity index (χ2n) is 9.54. The lowest BCUT2D eigenvalue weighted by atomic mass is 9.91. The number of fused-ring (bicyclic) bond motifs is 1. The summed E-state index contributed by atoms with van der Waals surface area (Å²) in [5.74, 6) is -1.47. The number of ether oxygens (including phenoxy) is 1. The van der Waals surface area contributed by atoms with Crippen molar-refractivity contribution < 1.29 is 37.0 Å². The van der Waals surface area contributed by atoms with Gasteiger partial charge in [0.1, 0.15) is 17.2 Å². The first-order valence-corrected chi connectivity index (χ1v) is 12.1. The van der Waals surface area contributed by atoms with Gasteiger partial charge in [-0.05, 0) is 66.1 Å². The molecule has 200 valence electrons. The van der Waals surface area contributed by atoms with Crippen LogP contribution in [0.2, 0.25) is 5.02 Å². The Morgan fingerprint density at radius 1 is 1.05 bits per heavy atom. The third kappa shape index (κ3) is 6.45. The number of nitrogens with zero attached hydrogens (tertiary/aromatic N) is 1. The summed E-state index contributed by atoms with van der Waals surface area (Å²) in [6.07, 6.45) is -3.89. The molecule has 0 aliphatic carbocycles. The molecule has 1 atom stereocenters. The van der Waals surface area contributed by atoms with E-state index in [1.165, 1.54) is 23.1 Å². The summed E-state index contributed by atoms with van der Waals surface area (Å²) < 4.78 is 58.4. The van der Waals surface area contributed by atoms with Gasteiger partial charge in [0.05, 0.1) is 17.0 Å². The fourth-order valence-corrected chi connectivity index (χ4v) is 4.72. The zero-order chi connectivity index (χ0) is 27.7. The van der Waals surface area contributed by atoms with Gasteiger partial charge in [0.15, 0.2) is 0 Å². The first kappa shape index (κ1) is 27.4. The zero-order valence-corrected chi connectivity index (χ0v) is 21.1. The van der Waals surface area contributed by atoms with Crippen LogP contribution in [0.3, 0.4) is 0 Å². The number of amides is 1. The molecule has 0 radical (unpaired) electrons. The first-order chi connectivity index (χ1) is 17.8. The second kappa shape index (κ2) is 10.6. The number of benzene rings is 3. The van der Waals surface area contributed by atoms with Gasteiger partial charge in [0.25, 0.3) is 5.91 Å². The summed E-state index contributed by atoms with van der Waals surface area (Å²) in [5, 5.41) is 9.15. The normalized spacial score (nSPS) is 16.6. The van der Waals surface area contributed by atoms with E-state index in [1.54, 1.807) is 30.3 Å². The largest absolute Gasteiger partial charge is 0.487 e. The lowest BCUT2D eigenvalue weighted by Crippen LogP contribution is -2.33. The van der Waals surface area contributed by atoms with Crippen LogP contribution in [0.4, 0.5) is 17.6 Å². The van der Waals surface area contributed by atoms with Crippen LogP contribution in [-0.4, -0.2) is 34.0 Å². The van der Waals surface area contributed by atoms with Crippen LogP contribution in [0.25, 0.3) is 0 Å². The minimum Gasteiger partial charge on any atom is -0.487 e. The highest BCUT2D eigenvalue weighted by Crippen LogP contribution is 2.38. The lowest BCUT2D eigenvalue weighted by Gasteiger charge is -2.24. The van der Waals surface area contributed by atoms with Gasteiger partial charge >= 0.3 is 12.1 Å². The van der Waals surface area contributed by atoms with Crippen LogP contribution in [0.15, 0.2) is 60.7 Å². The topological polar surface area (TPSA) is 66.8 Å². The molecule has 0 spiro atoms. The third-order valence-corrected chi connectivity index (χ3v) is 6.62. The van der Waals surface area contributed by atoms with E-state index in [1.807, 2.05) is 6.92 Å². The molecule has 1 aliphatic rings. The van der Waals surface area contributed by atoms with Gasteiger partial charge in [-0.25, -0.2) is 4.39 Å². The van der Waals surface area contributed by atoms with Crippen molar-refractivity contribution in [3.8, 4) is 5.75 Å². The van der Waals surface area contributed by atoms with Gasteiger partial charge in [0.2, 0.25) is 0 Å². The number of alkyl halides is 3. The van der Waals surface area contributed by atoms with Gasteiger partial charge in [0, 0.05) is 31.5 Å². The Kier molecular flexibility index (Phi) is 7.69. The van der Waals surface area contributed by atoms with Crippen LogP contribution < -0.4 is 4.74 Å². The molecule has 1 N–H and O–H groups in total. The van der Waals surface area contributed by atoms with Crippen LogP contribution in [-0.2, 0) is 30.4 Å². The molecule has 3 aromatic carbocycles. The quantitative estimate of drug-likeness (QED) is 0.324. The summed E-state index contributed by atoms with van der Waals surface area (Å²) in [6.45, 7) is 1.72. The van der Waals surface area contributed by atoms with Gasteiger partial charge in [-0.1, -0.05) is 29.8 Å². The molecule has 1 amide bonds. The predicted octanol–water partition coefficient (Wildman–Crippen LogP) is 6.55. The van der Waals surface area contributed by atoms with Crippen molar-refractivity contribution in [1.82, 2.24) is 4.90 Å². The van der Waals surface area contributed by atoms with E-state index < -0.39 is 35.0 Å². The van der Waals surface area contributed by atoms with Crippen molar-refractivity contribution in [3.63, 3.8) is 0 Å². The smallest absolute Gasteiger partial charge is 0.416 e. The molecule has 0 unspecified atom stereocenters. The molecule has 4 rings (SSSR count). The Balaban J connectivity index is 1.52. The molecule has 5 nitrogen and oxygen atoms in total. The molecule has 0 fully saturated rings. The summed E-state index contributed by atoms with van der Waals surface area (Å²) in [4.78, 5) is 25.8. The average molecular weight is 550 g/mol. The van der Waals surface area contributed by atoms with E-state index in [9.17, 15) is 27.2 Å². The monoisotopic (exact) mass is 549 g/mol. The molecule has 0 bridgehead atoms. The number of hydrogen-bond acceptors (Lipinski definition) is 3. The van der Waals surface area contributed by atoms with E-state index >= 15 is 0 Å². The van der Waals surface area contributed by atoms with E-state index in [0.29, 0.717) is 29.7 Å². The van der Waals surface area contributed by atoms with Gasteiger partial charge in [-0.3, -0.25) is 9.59 Å². The van der Waals surface area contributed by atoms with Crippen LogP contribution >= 0.6 is 11.6 Å². The molecule has 0 aromatic heterocycles. The molecule has 3 aromatic rings. The fraction of sp³-hybridized carbons (Fsp3) is 0.286. The van der Waals surface area contributed by atoms with Gasteiger partial charge in [-0.15, -0.1) is 0 Å². The van der Waals surface area contributed by atoms with Crippen molar-refractivity contribution in [2.75, 3.05) is 6.54 Å². The van der Waals surface area contributed by atoms with Crippen molar-refractivity contribution >= 4 is 23.5 Å². The number of carbonyl (C=O) groups is 2. The van der Waals surface area contributed by atoms with Crippen molar-refractivity contribution in [2.45, 2.75) is 44.5 Å². The zero-order valence-electron chi connectivity index (χ0n) is 20.3. The average Bonchev–Trinajstić information content (AvgIpc) is 3.18.